The highest BCUT2D eigenvalue weighted by atomic mass is 79.9. The van der Waals surface area contributed by atoms with E-state index in [2.05, 4.69) is 25.8 Å². The van der Waals surface area contributed by atoms with Gasteiger partial charge in [0.15, 0.2) is 0 Å². The number of halogens is 1. The normalized spacial score (nSPS) is 17.2. The molecule has 1 fully saturated rings. The predicted octanol–water partition coefficient (Wildman–Crippen LogP) is 2.96. The maximum Gasteiger partial charge on any atom is 0.237 e. The van der Waals surface area contributed by atoms with Crippen molar-refractivity contribution in [3.05, 3.63) is 39.7 Å². The summed E-state index contributed by atoms with van der Waals surface area (Å²) in [7, 11) is 0. The number of fused-ring (bicyclic) bond motifs is 1. The Labute approximate surface area is 143 Å². The van der Waals surface area contributed by atoms with Crippen molar-refractivity contribution in [1.29, 1.82) is 0 Å². The molecule has 2 aliphatic rings. The molecule has 0 aliphatic carbocycles. The summed E-state index contributed by atoms with van der Waals surface area (Å²) in [5.41, 5.74) is 2.99. The quantitative estimate of drug-likeness (QED) is 0.827. The van der Waals surface area contributed by atoms with Crippen LogP contribution in [0, 0.1) is 6.92 Å². The molecule has 0 atom stereocenters. The third-order valence-corrected chi connectivity index (χ3v) is 5.47. The Hall–Kier alpha value is -1.66. The summed E-state index contributed by atoms with van der Waals surface area (Å²) < 4.78 is 6.98. The van der Waals surface area contributed by atoms with Gasteiger partial charge in [-0.2, -0.15) is 0 Å². The van der Waals surface area contributed by atoms with E-state index in [-0.39, 0.29) is 5.91 Å². The molecule has 6 heteroatoms. The molecule has 4 rings (SSSR count). The summed E-state index contributed by atoms with van der Waals surface area (Å²) in [5.74, 6) is 1.62. The number of hydrogen-bond acceptors (Lipinski definition) is 4. The first kappa shape index (κ1) is 14.9. The van der Waals surface area contributed by atoms with E-state index in [9.17, 15) is 4.79 Å². The number of aromatic nitrogens is 1. The fourth-order valence-electron chi connectivity index (χ4n) is 3.00. The topological polar surface area (TPSA) is 49.6 Å². The molecular weight excluding hydrogens is 358 g/mol. The maximum absolute atomic E-state index is 12.3. The van der Waals surface area contributed by atoms with Crippen LogP contribution >= 0.6 is 15.9 Å². The van der Waals surface area contributed by atoms with E-state index in [1.807, 2.05) is 30.0 Å². The summed E-state index contributed by atoms with van der Waals surface area (Å²) in [6, 6.07) is 5.99. The standard InChI is InChI=1S/C17H18BrN3O2/c1-11-12(4-2-5-13(11)18)17-19-14-8-21(9-15(14)23-17)16(22)10-20-6-3-7-20/h2,4-5H,3,6-10H2,1H3. The second-order valence-corrected chi connectivity index (χ2v) is 7.04. The number of rotatable bonds is 3. The molecule has 23 heavy (non-hydrogen) atoms. The molecule has 0 bridgehead atoms. The average Bonchev–Trinajstić information content (AvgIpc) is 3.04. The van der Waals surface area contributed by atoms with Crippen LogP contribution in [0.15, 0.2) is 27.1 Å². The number of hydrogen-bond donors (Lipinski definition) is 0. The molecular formula is C17H18BrN3O2. The van der Waals surface area contributed by atoms with Gasteiger partial charge in [0.1, 0.15) is 11.5 Å². The van der Waals surface area contributed by atoms with E-state index in [0.717, 1.165) is 40.1 Å². The van der Waals surface area contributed by atoms with Crippen LogP contribution in [-0.4, -0.2) is 40.3 Å². The van der Waals surface area contributed by atoms with Gasteiger partial charge in [0, 0.05) is 10.0 Å². The molecule has 1 amide bonds. The van der Waals surface area contributed by atoms with Crippen molar-refractivity contribution in [1.82, 2.24) is 14.8 Å². The van der Waals surface area contributed by atoms with Crippen molar-refractivity contribution < 1.29 is 9.21 Å². The highest BCUT2D eigenvalue weighted by Gasteiger charge is 2.30. The van der Waals surface area contributed by atoms with E-state index in [1.165, 1.54) is 6.42 Å². The van der Waals surface area contributed by atoms with Crippen molar-refractivity contribution in [2.45, 2.75) is 26.4 Å². The largest absolute Gasteiger partial charge is 0.439 e. The minimum atomic E-state index is 0.165. The lowest BCUT2D eigenvalue weighted by atomic mass is 10.1. The molecule has 1 aromatic carbocycles. The third kappa shape index (κ3) is 2.70. The zero-order valence-corrected chi connectivity index (χ0v) is 14.6. The second-order valence-electron chi connectivity index (χ2n) is 6.18. The molecule has 120 valence electrons. The number of carbonyl (C=O) groups excluding carboxylic acids is 1. The summed E-state index contributed by atoms with van der Waals surface area (Å²) in [6.07, 6.45) is 1.20. The molecule has 0 unspecified atom stereocenters. The van der Waals surface area contributed by atoms with Gasteiger partial charge in [-0.05, 0) is 44.1 Å². The number of nitrogens with zero attached hydrogens (tertiary/aromatic N) is 3. The number of oxazole rings is 1. The Morgan fingerprint density at radius 3 is 2.87 bits per heavy atom. The first-order valence-corrected chi connectivity index (χ1v) is 8.65. The lowest BCUT2D eigenvalue weighted by Gasteiger charge is -2.31. The van der Waals surface area contributed by atoms with Crippen LogP contribution in [0.4, 0.5) is 0 Å². The highest BCUT2D eigenvalue weighted by Crippen LogP contribution is 2.32. The van der Waals surface area contributed by atoms with E-state index in [1.54, 1.807) is 0 Å². The minimum Gasteiger partial charge on any atom is -0.439 e. The Bertz CT molecular complexity index is 744. The van der Waals surface area contributed by atoms with Gasteiger partial charge in [-0.25, -0.2) is 4.98 Å². The SMILES string of the molecule is Cc1c(Br)cccc1-c1nc2c(o1)CN(C(=O)CN1CCC1)C2. The molecule has 2 aliphatic heterocycles. The third-order valence-electron chi connectivity index (χ3n) is 4.61. The van der Waals surface area contributed by atoms with Crippen LogP contribution in [0.3, 0.4) is 0 Å². The Morgan fingerprint density at radius 2 is 2.17 bits per heavy atom. The smallest absolute Gasteiger partial charge is 0.237 e. The summed E-state index contributed by atoms with van der Waals surface area (Å²) >= 11 is 3.54. The first-order chi connectivity index (χ1) is 11.1. The van der Waals surface area contributed by atoms with Crippen LogP contribution in [-0.2, 0) is 17.9 Å². The monoisotopic (exact) mass is 375 g/mol. The molecule has 0 spiro atoms. The summed E-state index contributed by atoms with van der Waals surface area (Å²) in [5, 5.41) is 0. The van der Waals surface area contributed by atoms with Crippen molar-refractivity contribution in [2.24, 2.45) is 0 Å². The lowest BCUT2D eigenvalue weighted by molar-refractivity contribution is -0.134. The van der Waals surface area contributed by atoms with Crippen LogP contribution in [0.25, 0.3) is 11.5 Å². The molecule has 1 saturated heterocycles. The number of benzene rings is 1. The van der Waals surface area contributed by atoms with Gasteiger partial charge in [-0.15, -0.1) is 0 Å². The zero-order chi connectivity index (χ0) is 16.0. The van der Waals surface area contributed by atoms with Gasteiger partial charge >= 0.3 is 0 Å². The Kier molecular flexibility index (Phi) is 3.73. The Morgan fingerprint density at radius 1 is 1.35 bits per heavy atom. The van der Waals surface area contributed by atoms with Crippen LogP contribution in [0.5, 0.6) is 0 Å². The lowest BCUT2D eigenvalue weighted by Crippen LogP contribution is -2.44. The van der Waals surface area contributed by atoms with Crippen molar-refractivity contribution >= 4 is 21.8 Å². The molecule has 0 radical (unpaired) electrons. The van der Waals surface area contributed by atoms with Crippen LogP contribution in [0.2, 0.25) is 0 Å². The van der Waals surface area contributed by atoms with Gasteiger partial charge in [-0.1, -0.05) is 22.0 Å². The molecule has 5 nitrogen and oxygen atoms in total. The molecule has 0 N–H and O–H groups in total. The highest BCUT2D eigenvalue weighted by molar-refractivity contribution is 9.10. The summed E-state index contributed by atoms with van der Waals surface area (Å²) in [4.78, 5) is 20.9. The molecule has 1 aromatic heterocycles. The van der Waals surface area contributed by atoms with Crippen molar-refractivity contribution in [3.63, 3.8) is 0 Å². The fraction of sp³-hybridized carbons (Fsp3) is 0.412. The van der Waals surface area contributed by atoms with E-state index in [4.69, 9.17) is 4.42 Å². The van der Waals surface area contributed by atoms with Crippen molar-refractivity contribution in [2.75, 3.05) is 19.6 Å². The van der Waals surface area contributed by atoms with E-state index >= 15 is 0 Å². The van der Waals surface area contributed by atoms with Gasteiger partial charge in [-0.3, -0.25) is 9.69 Å². The van der Waals surface area contributed by atoms with Gasteiger partial charge in [0.25, 0.3) is 0 Å². The average molecular weight is 376 g/mol. The van der Waals surface area contributed by atoms with Crippen LogP contribution < -0.4 is 0 Å². The first-order valence-electron chi connectivity index (χ1n) is 7.86. The second kappa shape index (κ2) is 5.76. The maximum atomic E-state index is 12.3. The molecule has 2 aromatic rings. The van der Waals surface area contributed by atoms with E-state index in [0.29, 0.717) is 25.5 Å². The number of carbonyl (C=O) groups is 1. The van der Waals surface area contributed by atoms with Gasteiger partial charge in [0.2, 0.25) is 11.8 Å². The summed E-state index contributed by atoms with van der Waals surface area (Å²) in [6.45, 7) is 5.71. The number of amides is 1. The molecule has 0 saturated carbocycles. The van der Waals surface area contributed by atoms with E-state index < -0.39 is 0 Å². The predicted molar refractivity (Wildman–Crippen MR) is 89.7 cm³/mol. The number of likely N-dealkylation sites (tertiary alicyclic amines) is 1. The van der Waals surface area contributed by atoms with Crippen molar-refractivity contribution in [3.8, 4) is 11.5 Å². The van der Waals surface area contributed by atoms with Crippen LogP contribution in [0.1, 0.15) is 23.4 Å². The fourth-order valence-corrected chi connectivity index (χ4v) is 3.37. The Balaban J connectivity index is 1.50. The van der Waals surface area contributed by atoms with Gasteiger partial charge < -0.3 is 9.32 Å². The van der Waals surface area contributed by atoms with Gasteiger partial charge in [0.05, 0.1) is 19.6 Å². The minimum absolute atomic E-state index is 0.165. The zero-order valence-electron chi connectivity index (χ0n) is 13.0. The molecule has 3 heterocycles.